The molecule has 0 aromatic carbocycles. The summed E-state index contributed by atoms with van der Waals surface area (Å²) in [5.74, 6) is 2.14. The molecule has 1 aliphatic rings. The second kappa shape index (κ2) is 5.17. The number of anilines is 2. The predicted molar refractivity (Wildman–Crippen MR) is 77.2 cm³/mol. The van der Waals surface area contributed by atoms with Gasteiger partial charge in [0, 0.05) is 48.6 Å². The van der Waals surface area contributed by atoms with Gasteiger partial charge in [0.25, 0.3) is 0 Å². The molecule has 1 aromatic heterocycles. The molecule has 1 aromatic rings. The van der Waals surface area contributed by atoms with E-state index in [9.17, 15) is 0 Å². The third kappa shape index (κ3) is 3.28. The first-order valence-electron chi connectivity index (χ1n) is 6.13. The van der Waals surface area contributed by atoms with E-state index in [-0.39, 0.29) is 0 Å². The number of hydrogen-bond donors (Lipinski definition) is 1. The van der Waals surface area contributed by atoms with Crippen LogP contribution in [0.1, 0.15) is 20.3 Å². The minimum atomic E-state index is 0.410. The van der Waals surface area contributed by atoms with Gasteiger partial charge in [-0.3, -0.25) is 0 Å². The van der Waals surface area contributed by atoms with Crippen molar-refractivity contribution >= 4 is 23.3 Å². The standard InChI is InChI=1S/C13H21N3S/c1-13(2)5-7-16(8-9-17-13)11-4-6-15-12(10-11)14-3/h4,6,10H,5,7-9H2,1-3H3,(H,14,15). The zero-order valence-electron chi connectivity index (χ0n) is 10.9. The fourth-order valence-corrected chi connectivity index (χ4v) is 3.13. The van der Waals surface area contributed by atoms with E-state index in [4.69, 9.17) is 0 Å². The summed E-state index contributed by atoms with van der Waals surface area (Å²) in [7, 11) is 1.91. The van der Waals surface area contributed by atoms with Crippen molar-refractivity contribution < 1.29 is 0 Å². The molecule has 1 aliphatic heterocycles. The van der Waals surface area contributed by atoms with Crippen LogP contribution < -0.4 is 10.2 Å². The van der Waals surface area contributed by atoms with Crippen LogP contribution in [0.5, 0.6) is 0 Å². The Bertz CT molecular complexity index is 379. The molecule has 0 amide bonds. The number of nitrogens with zero attached hydrogens (tertiary/aromatic N) is 2. The van der Waals surface area contributed by atoms with E-state index in [0.717, 1.165) is 18.9 Å². The van der Waals surface area contributed by atoms with Gasteiger partial charge in [0.15, 0.2) is 0 Å². The van der Waals surface area contributed by atoms with Gasteiger partial charge >= 0.3 is 0 Å². The van der Waals surface area contributed by atoms with Crippen molar-refractivity contribution in [2.24, 2.45) is 0 Å². The summed E-state index contributed by atoms with van der Waals surface area (Å²) in [6.07, 6.45) is 3.11. The van der Waals surface area contributed by atoms with E-state index >= 15 is 0 Å². The van der Waals surface area contributed by atoms with E-state index in [1.54, 1.807) is 0 Å². The van der Waals surface area contributed by atoms with Crippen molar-refractivity contribution in [2.75, 3.05) is 36.1 Å². The van der Waals surface area contributed by atoms with E-state index in [0.29, 0.717) is 4.75 Å². The van der Waals surface area contributed by atoms with Gasteiger partial charge in [-0.1, -0.05) is 13.8 Å². The normalized spacial score (nSPS) is 19.8. The number of pyridine rings is 1. The van der Waals surface area contributed by atoms with Gasteiger partial charge in [0.2, 0.25) is 0 Å². The van der Waals surface area contributed by atoms with E-state index in [2.05, 4.69) is 52.9 Å². The number of hydrogen-bond acceptors (Lipinski definition) is 4. The van der Waals surface area contributed by atoms with Crippen LogP contribution >= 0.6 is 11.8 Å². The molecule has 0 unspecified atom stereocenters. The molecule has 0 radical (unpaired) electrons. The largest absolute Gasteiger partial charge is 0.373 e. The molecule has 0 saturated carbocycles. The van der Waals surface area contributed by atoms with Gasteiger partial charge in [0.05, 0.1) is 0 Å². The third-order valence-corrected chi connectivity index (χ3v) is 4.57. The van der Waals surface area contributed by atoms with Gasteiger partial charge < -0.3 is 10.2 Å². The van der Waals surface area contributed by atoms with E-state index in [1.807, 2.05) is 13.2 Å². The Labute approximate surface area is 108 Å². The number of rotatable bonds is 2. The van der Waals surface area contributed by atoms with Crippen LogP contribution in [-0.2, 0) is 0 Å². The average Bonchev–Trinajstić information content (AvgIpc) is 2.50. The van der Waals surface area contributed by atoms with Gasteiger partial charge in [-0.05, 0) is 12.5 Å². The van der Waals surface area contributed by atoms with Gasteiger partial charge in [0.1, 0.15) is 5.82 Å². The lowest BCUT2D eigenvalue weighted by Gasteiger charge is -2.24. The maximum absolute atomic E-state index is 4.26. The summed E-state index contributed by atoms with van der Waals surface area (Å²) in [5, 5.41) is 3.10. The Balaban J connectivity index is 2.11. The van der Waals surface area contributed by atoms with E-state index < -0.39 is 0 Å². The molecule has 2 heterocycles. The van der Waals surface area contributed by atoms with Crippen LogP contribution in [0, 0.1) is 0 Å². The molecule has 3 nitrogen and oxygen atoms in total. The highest BCUT2D eigenvalue weighted by molar-refractivity contribution is 8.00. The number of nitrogens with one attached hydrogen (secondary N) is 1. The van der Waals surface area contributed by atoms with Crippen LogP contribution in [0.25, 0.3) is 0 Å². The molecular formula is C13H21N3S. The molecule has 1 saturated heterocycles. The second-order valence-corrected chi connectivity index (χ2v) is 6.80. The fraction of sp³-hybridized carbons (Fsp3) is 0.615. The van der Waals surface area contributed by atoms with Crippen LogP contribution in [0.4, 0.5) is 11.5 Å². The summed E-state index contributed by atoms with van der Waals surface area (Å²) >= 11 is 2.08. The molecule has 0 bridgehead atoms. The lowest BCUT2D eigenvalue weighted by atomic mass is 10.1. The summed E-state index contributed by atoms with van der Waals surface area (Å²) in [5.41, 5.74) is 1.28. The highest BCUT2D eigenvalue weighted by Crippen LogP contribution is 2.32. The van der Waals surface area contributed by atoms with Crippen LogP contribution in [0.15, 0.2) is 18.3 Å². The molecule has 0 aliphatic carbocycles. The van der Waals surface area contributed by atoms with Crippen molar-refractivity contribution in [3.63, 3.8) is 0 Å². The quantitative estimate of drug-likeness (QED) is 0.875. The zero-order chi connectivity index (χ0) is 12.3. The van der Waals surface area contributed by atoms with Crippen molar-refractivity contribution in [1.29, 1.82) is 0 Å². The summed E-state index contributed by atoms with van der Waals surface area (Å²) in [6, 6.07) is 4.23. The summed E-state index contributed by atoms with van der Waals surface area (Å²) in [4.78, 5) is 6.72. The lowest BCUT2D eigenvalue weighted by molar-refractivity contribution is 0.637. The Morgan fingerprint density at radius 1 is 1.41 bits per heavy atom. The first kappa shape index (κ1) is 12.6. The maximum Gasteiger partial charge on any atom is 0.127 e. The molecule has 94 valence electrons. The van der Waals surface area contributed by atoms with Crippen molar-refractivity contribution in [3.05, 3.63) is 18.3 Å². The second-order valence-electron chi connectivity index (χ2n) is 4.99. The summed E-state index contributed by atoms with van der Waals surface area (Å²) < 4.78 is 0.410. The van der Waals surface area contributed by atoms with Crippen molar-refractivity contribution in [1.82, 2.24) is 4.98 Å². The molecule has 0 spiro atoms. The summed E-state index contributed by atoms with van der Waals surface area (Å²) in [6.45, 7) is 6.94. The molecule has 17 heavy (non-hydrogen) atoms. The smallest absolute Gasteiger partial charge is 0.127 e. The molecule has 1 N–H and O–H groups in total. The monoisotopic (exact) mass is 251 g/mol. The Morgan fingerprint density at radius 3 is 3.00 bits per heavy atom. The molecular weight excluding hydrogens is 230 g/mol. The van der Waals surface area contributed by atoms with Crippen molar-refractivity contribution in [3.8, 4) is 0 Å². The van der Waals surface area contributed by atoms with Crippen LogP contribution in [0.2, 0.25) is 0 Å². The fourth-order valence-electron chi connectivity index (χ4n) is 2.03. The third-order valence-electron chi connectivity index (χ3n) is 3.20. The SMILES string of the molecule is CNc1cc(N2CCSC(C)(C)CC2)ccn1. The number of thioether (sulfide) groups is 1. The van der Waals surface area contributed by atoms with Gasteiger partial charge in [-0.15, -0.1) is 0 Å². The lowest BCUT2D eigenvalue weighted by Crippen LogP contribution is -2.26. The highest BCUT2D eigenvalue weighted by atomic mass is 32.2. The first-order valence-corrected chi connectivity index (χ1v) is 7.12. The molecule has 1 fully saturated rings. The van der Waals surface area contributed by atoms with Gasteiger partial charge in [-0.25, -0.2) is 4.98 Å². The van der Waals surface area contributed by atoms with Crippen LogP contribution in [-0.4, -0.2) is 35.6 Å². The predicted octanol–water partition coefficient (Wildman–Crippen LogP) is 2.85. The Kier molecular flexibility index (Phi) is 3.82. The number of aromatic nitrogens is 1. The minimum absolute atomic E-state index is 0.410. The minimum Gasteiger partial charge on any atom is -0.373 e. The van der Waals surface area contributed by atoms with Crippen LogP contribution in [0.3, 0.4) is 0 Å². The highest BCUT2D eigenvalue weighted by Gasteiger charge is 2.23. The molecule has 4 heteroatoms. The zero-order valence-corrected chi connectivity index (χ0v) is 11.7. The Hall–Kier alpha value is -0.900. The topological polar surface area (TPSA) is 28.2 Å². The molecule has 2 rings (SSSR count). The van der Waals surface area contributed by atoms with E-state index in [1.165, 1.54) is 17.9 Å². The van der Waals surface area contributed by atoms with Crippen molar-refractivity contribution in [2.45, 2.75) is 25.0 Å². The average molecular weight is 251 g/mol. The molecule has 0 atom stereocenters. The maximum atomic E-state index is 4.26. The van der Waals surface area contributed by atoms with Gasteiger partial charge in [-0.2, -0.15) is 11.8 Å². The first-order chi connectivity index (χ1) is 8.11. The Morgan fingerprint density at radius 2 is 2.24 bits per heavy atom.